The molecule has 2 saturated heterocycles. The van der Waals surface area contributed by atoms with Gasteiger partial charge in [0.1, 0.15) is 12.1 Å². The fourth-order valence-electron chi connectivity index (χ4n) is 6.23. The molecule has 1 spiro atoms. The predicted molar refractivity (Wildman–Crippen MR) is 123 cm³/mol. The summed E-state index contributed by atoms with van der Waals surface area (Å²) in [6.45, 7) is 8.29. The minimum atomic E-state index is 0.465. The van der Waals surface area contributed by atoms with E-state index in [1.807, 2.05) is 10.9 Å². The van der Waals surface area contributed by atoms with Crippen LogP contribution in [-0.4, -0.2) is 69.1 Å². The van der Waals surface area contributed by atoms with E-state index in [0.717, 1.165) is 54.8 Å². The van der Waals surface area contributed by atoms with Gasteiger partial charge in [-0.05, 0) is 56.1 Å². The van der Waals surface area contributed by atoms with E-state index in [1.165, 1.54) is 24.8 Å². The summed E-state index contributed by atoms with van der Waals surface area (Å²) in [7, 11) is 0. The molecule has 2 saturated carbocycles. The largest absolute Gasteiger partial charge is 0.378 e. The van der Waals surface area contributed by atoms with Gasteiger partial charge in [0.2, 0.25) is 0 Å². The van der Waals surface area contributed by atoms with Crippen LogP contribution in [0.1, 0.15) is 44.6 Å². The predicted octanol–water partition coefficient (Wildman–Crippen LogP) is 3.38. The molecule has 2 aliphatic carbocycles. The number of nitrogens with zero attached hydrogens (tertiary/aromatic N) is 6. The number of benzene rings is 1. The Hall–Kier alpha value is -2.51. The first-order valence-corrected chi connectivity index (χ1v) is 12.0. The maximum atomic E-state index is 5.44. The molecule has 2 aliphatic heterocycles. The molecule has 0 radical (unpaired) electrons. The number of anilines is 1. The van der Waals surface area contributed by atoms with E-state index in [9.17, 15) is 0 Å². The van der Waals surface area contributed by atoms with E-state index in [-0.39, 0.29) is 0 Å². The standard InChI is InChI=1S/C25H30N6O/c1-16-11-29(12-17(2)30(16)20-13-32-14-20)23-8-24(27-15-26-23)31-22-7-18(3-4-19(22)10-28-31)21-9-25(21)5-6-25/h3-4,7-8,10,15-17,20-21H,5-6,9,11-14H2,1-2H3. The maximum Gasteiger partial charge on any atom is 0.159 e. The van der Waals surface area contributed by atoms with Gasteiger partial charge in [-0.2, -0.15) is 5.10 Å². The summed E-state index contributed by atoms with van der Waals surface area (Å²) in [6, 6.07) is 10.4. The Balaban J connectivity index is 1.18. The molecule has 2 aromatic heterocycles. The highest BCUT2D eigenvalue weighted by molar-refractivity contribution is 5.81. The summed E-state index contributed by atoms with van der Waals surface area (Å²) in [6.07, 6.45) is 7.80. The molecule has 0 amide bonds. The molecule has 166 valence electrons. The molecule has 1 aromatic carbocycles. The average Bonchev–Trinajstić information content (AvgIpc) is 3.66. The van der Waals surface area contributed by atoms with Crippen molar-refractivity contribution in [3.63, 3.8) is 0 Å². The maximum absolute atomic E-state index is 5.44. The van der Waals surface area contributed by atoms with E-state index in [0.29, 0.717) is 23.5 Å². The molecule has 4 heterocycles. The molecular weight excluding hydrogens is 400 g/mol. The number of fused-ring (bicyclic) bond motifs is 1. The smallest absolute Gasteiger partial charge is 0.159 e. The van der Waals surface area contributed by atoms with Crippen LogP contribution in [0.5, 0.6) is 0 Å². The van der Waals surface area contributed by atoms with Gasteiger partial charge in [0.25, 0.3) is 0 Å². The summed E-state index contributed by atoms with van der Waals surface area (Å²) < 4.78 is 7.43. The fraction of sp³-hybridized carbons (Fsp3) is 0.560. The van der Waals surface area contributed by atoms with Gasteiger partial charge in [-0.3, -0.25) is 4.90 Å². The molecular formula is C25H30N6O. The van der Waals surface area contributed by atoms with Gasteiger partial charge >= 0.3 is 0 Å². The molecule has 7 nitrogen and oxygen atoms in total. The highest BCUT2D eigenvalue weighted by Gasteiger charge is 2.62. The molecule has 32 heavy (non-hydrogen) atoms. The second-order valence-corrected chi connectivity index (χ2v) is 10.5. The third kappa shape index (κ3) is 2.90. The van der Waals surface area contributed by atoms with Crippen molar-refractivity contribution >= 4 is 16.7 Å². The van der Waals surface area contributed by atoms with Crippen LogP contribution in [0.15, 0.2) is 36.8 Å². The van der Waals surface area contributed by atoms with E-state index < -0.39 is 0 Å². The Morgan fingerprint density at radius 2 is 1.78 bits per heavy atom. The molecule has 7 heteroatoms. The van der Waals surface area contributed by atoms with Crippen molar-refractivity contribution < 1.29 is 4.74 Å². The highest BCUT2D eigenvalue weighted by Crippen LogP contribution is 2.75. The topological polar surface area (TPSA) is 59.3 Å². The monoisotopic (exact) mass is 430 g/mol. The van der Waals surface area contributed by atoms with E-state index >= 15 is 0 Å². The Morgan fingerprint density at radius 3 is 2.47 bits per heavy atom. The lowest BCUT2D eigenvalue weighted by Gasteiger charge is -2.50. The Morgan fingerprint density at radius 1 is 1.00 bits per heavy atom. The van der Waals surface area contributed by atoms with Crippen LogP contribution in [0, 0.1) is 5.41 Å². The first-order chi connectivity index (χ1) is 15.6. The van der Waals surface area contributed by atoms with Crippen molar-refractivity contribution in [2.45, 2.75) is 57.2 Å². The van der Waals surface area contributed by atoms with Crippen molar-refractivity contribution in [1.82, 2.24) is 24.6 Å². The zero-order chi connectivity index (χ0) is 21.4. The molecule has 4 aliphatic rings. The van der Waals surface area contributed by atoms with Crippen LogP contribution in [0.2, 0.25) is 0 Å². The second kappa shape index (κ2) is 6.75. The third-order valence-electron chi connectivity index (χ3n) is 8.29. The van der Waals surface area contributed by atoms with Crippen LogP contribution in [0.3, 0.4) is 0 Å². The van der Waals surface area contributed by atoms with Crippen molar-refractivity contribution in [3.05, 3.63) is 42.4 Å². The van der Waals surface area contributed by atoms with Crippen LogP contribution in [-0.2, 0) is 4.74 Å². The van der Waals surface area contributed by atoms with E-state index in [4.69, 9.17) is 9.84 Å². The van der Waals surface area contributed by atoms with E-state index in [1.54, 1.807) is 6.33 Å². The quantitative estimate of drug-likeness (QED) is 0.633. The summed E-state index contributed by atoms with van der Waals surface area (Å²) >= 11 is 0. The Labute approximate surface area is 188 Å². The SMILES string of the molecule is CC1CN(c2cc(-n3ncc4ccc(C5CC56CC6)cc43)ncn2)CC(C)N1C1COC1. The number of rotatable bonds is 4. The molecule has 4 fully saturated rings. The Kier molecular flexibility index (Phi) is 4.01. The van der Waals surface area contributed by atoms with Gasteiger partial charge < -0.3 is 9.64 Å². The lowest BCUT2D eigenvalue weighted by molar-refractivity contribution is -0.0941. The fourth-order valence-corrected chi connectivity index (χ4v) is 6.23. The van der Waals surface area contributed by atoms with E-state index in [2.05, 4.69) is 57.9 Å². The second-order valence-electron chi connectivity index (χ2n) is 10.5. The summed E-state index contributed by atoms with van der Waals surface area (Å²) in [5, 5.41) is 5.86. The van der Waals surface area contributed by atoms with Crippen molar-refractivity contribution in [3.8, 4) is 5.82 Å². The van der Waals surface area contributed by atoms with Crippen LogP contribution in [0.4, 0.5) is 5.82 Å². The lowest BCUT2D eigenvalue weighted by Crippen LogP contribution is -2.64. The minimum absolute atomic E-state index is 0.465. The molecule has 3 unspecified atom stereocenters. The van der Waals surface area contributed by atoms with Crippen molar-refractivity contribution in [2.24, 2.45) is 5.41 Å². The van der Waals surface area contributed by atoms with Gasteiger partial charge in [-0.25, -0.2) is 14.6 Å². The molecule has 0 N–H and O–H groups in total. The average molecular weight is 431 g/mol. The number of piperazine rings is 1. The van der Waals surface area contributed by atoms with Crippen LogP contribution < -0.4 is 4.90 Å². The normalized spacial score (nSPS) is 29.4. The lowest BCUT2D eigenvalue weighted by atomic mass is 10.0. The van der Waals surface area contributed by atoms with Crippen molar-refractivity contribution in [1.29, 1.82) is 0 Å². The highest BCUT2D eigenvalue weighted by atomic mass is 16.5. The molecule has 7 rings (SSSR count). The molecule has 3 aromatic rings. The Bertz CT molecular complexity index is 1170. The summed E-state index contributed by atoms with van der Waals surface area (Å²) in [5.74, 6) is 2.57. The van der Waals surface area contributed by atoms with Crippen LogP contribution >= 0.6 is 0 Å². The summed E-state index contributed by atoms with van der Waals surface area (Å²) in [4.78, 5) is 14.3. The van der Waals surface area contributed by atoms with Gasteiger partial charge in [0.05, 0.1) is 31.0 Å². The minimum Gasteiger partial charge on any atom is -0.378 e. The van der Waals surface area contributed by atoms with Crippen molar-refractivity contribution in [2.75, 3.05) is 31.2 Å². The first kappa shape index (κ1) is 19.0. The summed E-state index contributed by atoms with van der Waals surface area (Å²) in [5.41, 5.74) is 3.26. The molecule has 3 atom stereocenters. The van der Waals surface area contributed by atoms with Crippen LogP contribution in [0.25, 0.3) is 16.7 Å². The first-order valence-electron chi connectivity index (χ1n) is 12.0. The number of hydrogen-bond donors (Lipinski definition) is 0. The van der Waals surface area contributed by atoms with Gasteiger partial charge in [0.15, 0.2) is 5.82 Å². The van der Waals surface area contributed by atoms with Gasteiger partial charge in [0, 0.05) is 36.6 Å². The molecule has 0 bridgehead atoms. The third-order valence-corrected chi connectivity index (χ3v) is 8.29. The van der Waals surface area contributed by atoms with Gasteiger partial charge in [-0.1, -0.05) is 12.1 Å². The number of aromatic nitrogens is 4. The zero-order valence-corrected chi connectivity index (χ0v) is 18.8. The van der Waals surface area contributed by atoms with Gasteiger partial charge in [-0.15, -0.1) is 0 Å². The number of ether oxygens (including phenoxy) is 1. The number of hydrogen-bond acceptors (Lipinski definition) is 6. The zero-order valence-electron chi connectivity index (χ0n) is 18.8.